The fourth-order valence-corrected chi connectivity index (χ4v) is 4.45. The minimum Gasteiger partial charge on any atom is -0.493 e. The minimum absolute atomic E-state index is 0.576. The molecule has 1 aromatic carbocycles. The summed E-state index contributed by atoms with van der Waals surface area (Å²) in [5.41, 5.74) is 2.96. The number of ether oxygens (including phenoxy) is 3. The quantitative estimate of drug-likeness (QED) is 0.370. The van der Waals surface area contributed by atoms with Gasteiger partial charge in [-0.3, -0.25) is 4.99 Å². The summed E-state index contributed by atoms with van der Waals surface area (Å²) >= 11 is 3.27. The highest BCUT2D eigenvalue weighted by Crippen LogP contribution is 2.29. The van der Waals surface area contributed by atoms with E-state index < -0.39 is 0 Å². The molecule has 0 bridgehead atoms. The van der Waals surface area contributed by atoms with Crippen molar-refractivity contribution in [3.63, 3.8) is 0 Å². The fraction of sp³-hybridized carbons (Fsp3) is 0.333. The van der Waals surface area contributed by atoms with Crippen LogP contribution in [0.4, 0.5) is 0 Å². The van der Waals surface area contributed by atoms with Crippen LogP contribution in [0.3, 0.4) is 0 Å². The number of benzene rings is 1. The van der Waals surface area contributed by atoms with Crippen LogP contribution in [0.5, 0.6) is 11.5 Å². The lowest BCUT2D eigenvalue weighted by Gasteiger charge is -2.11. The number of methoxy groups -OCH3 is 3. The second kappa shape index (κ2) is 10.4. The van der Waals surface area contributed by atoms with E-state index in [4.69, 9.17) is 19.3 Å². The molecule has 0 unspecified atom stereocenters. The van der Waals surface area contributed by atoms with Crippen molar-refractivity contribution in [1.82, 2.24) is 4.68 Å². The summed E-state index contributed by atoms with van der Waals surface area (Å²) in [6.45, 7) is 3.26. The highest BCUT2D eigenvalue weighted by atomic mass is 32.1. The normalized spacial score (nSPS) is 12.4. The van der Waals surface area contributed by atoms with E-state index in [1.165, 1.54) is 0 Å². The maximum atomic E-state index is 5.46. The van der Waals surface area contributed by atoms with Gasteiger partial charge in [-0.15, -0.1) is 22.7 Å². The Kier molecular flexibility index (Phi) is 7.62. The molecule has 0 amide bonds. The third-order valence-electron chi connectivity index (χ3n) is 4.27. The van der Waals surface area contributed by atoms with Gasteiger partial charge < -0.3 is 14.2 Å². The summed E-state index contributed by atoms with van der Waals surface area (Å²) in [4.78, 5) is 6.68. The first-order valence-electron chi connectivity index (χ1n) is 9.25. The Morgan fingerprint density at radius 2 is 1.90 bits per heavy atom. The number of nitrogens with zero attached hydrogens (tertiary/aromatic N) is 3. The molecule has 0 spiro atoms. The van der Waals surface area contributed by atoms with Crippen LogP contribution in [0, 0.1) is 0 Å². The van der Waals surface area contributed by atoms with Crippen LogP contribution in [-0.4, -0.2) is 44.9 Å². The molecule has 0 N–H and O–H groups in total. The third-order valence-corrected chi connectivity index (χ3v) is 6.02. The SMILES string of the molecule is CCC(=Nn1c(-c2cccs2)csc1=NCCOC)c1ccc(OC)c(OC)c1. The van der Waals surface area contributed by atoms with E-state index in [-0.39, 0.29) is 0 Å². The van der Waals surface area contributed by atoms with Crippen molar-refractivity contribution in [2.24, 2.45) is 10.1 Å². The lowest BCUT2D eigenvalue weighted by atomic mass is 10.1. The summed E-state index contributed by atoms with van der Waals surface area (Å²) in [7, 11) is 4.95. The van der Waals surface area contributed by atoms with Gasteiger partial charge >= 0.3 is 0 Å². The third kappa shape index (κ3) is 4.95. The molecule has 6 nitrogen and oxygen atoms in total. The lowest BCUT2D eigenvalue weighted by molar-refractivity contribution is 0.207. The Bertz CT molecular complexity index is 1020. The van der Waals surface area contributed by atoms with Gasteiger partial charge in [-0.1, -0.05) is 13.0 Å². The number of aromatic nitrogens is 1. The number of hydrogen-bond donors (Lipinski definition) is 0. The molecule has 3 rings (SSSR count). The molecule has 0 atom stereocenters. The highest BCUT2D eigenvalue weighted by molar-refractivity contribution is 7.14. The predicted octanol–water partition coefficient (Wildman–Crippen LogP) is 4.50. The molecule has 0 fully saturated rings. The standard InChI is InChI=1S/C21H25N3O3S2/c1-5-16(15-8-9-18(26-3)19(13-15)27-4)23-24-17(20-7-6-12-28-20)14-29-21(24)22-10-11-25-2/h6-9,12-14H,5,10-11H2,1-4H3. The topological polar surface area (TPSA) is 57.3 Å². The van der Waals surface area contributed by atoms with Crippen molar-refractivity contribution in [2.45, 2.75) is 13.3 Å². The van der Waals surface area contributed by atoms with Gasteiger partial charge in [-0.05, 0) is 36.1 Å². The Hall–Kier alpha value is -2.42. The van der Waals surface area contributed by atoms with Crippen molar-refractivity contribution in [2.75, 3.05) is 34.5 Å². The smallest absolute Gasteiger partial charge is 0.206 e. The molecular weight excluding hydrogens is 406 g/mol. The van der Waals surface area contributed by atoms with Crippen molar-refractivity contribution < 1.29 is 14.2 Å². The Morgan fingerprint density at radius 1 is 1.07 bits per heavy atom. The summed E-state index contributed by atoms with van der Waals surface area (Å²) < 4.78 is 17.9. The van der Waals surface area contributed by atoms with E-state index in [9.17, 15) is 0 Å². The predicted molar refractivity (Wildman–Crippen MR) is 120 cm³/mol. The summed E-state index contributed by atoms with van der Waals surface area (Å²) in [6, 6.07) is 10.0. The van der Waals surface area contributed by atoms with Gasteiger partial charge in [-0.25, -0.2) is 4.68 Å². The van der Waals surface area contributed by atoms with Crippen LogP contribution >= 0.6 is 22.7 Å². The van der Waals surface area contributed by atoms with Crippen molar-refractivity contribution in [1.29, 1.82) is 0 Å². The first-order valence-corrected chi connectivity index (χ1v) is 11.0. The zero-order valence-corrected chi connectivity index (χ0v) is 18.7. The molecule has 2 heterocycles. The van der Waals surface area contributed by atoms with Gasteiger partial charge in [0.2, 0.25) is 4.80 Å². The van der Waals surface area contributed by atoms with E-state index in [1.54, 1.807) is 44.0 Å². The van der Waals surface area contributed by atoms with Gasteiger partial charge in [0.05, 0.1) is 43.7 Å². The lowest BCUT2D eigenvalue weighted by Crippen LogP contribution is -2.16. The molecule has 29 heavy (non-hydrogen) atoms. The van der Waals surface area contributed by atoms with Gasteiger partial charge in [0.1, 0.15) is 0 Å². The van der Waals surface area contributed by atoms with E-state index in [0.717, 1.165) is 33.1 Å². The second-order valence-electron chi connectivity index (χ2n) is 6.04. The van der Waals surface area contributed by atoms with Crippen molar-refractivity contribution in [3.05, 3.63) is 51.5 Å². The highest BCUT2D eigenvalue weighted by Gasteiger charge is 2.12. The zero-order valence-electron chi connectivity index (χ0n) is 17.0. The van der Waals surface area contributed by atoms with Crippen molar-refractivity contribution >= 4 is 28.4 Å². The maximum absolute atomic E-state index is 5.46. The van der Waals surface area contributed by atoms with Gasteiger partial charge in [0, 0.05) is 18.1 Å². The van der Waals surface area contributed by atoms with Crippen LogP contribution < -0.4 is 14.3 Å². The molecule has 0 aliphatic heterocycles. The minimum atomic E-state index is 0.576. The molecule has 0 radical (unpaired) electrons. The summed E-state index contributed by atoms with van der Waals surface area (Å²) in [5, 5.41) is 9.16. The van der Waals surface area contributed by atoms with Gasteiger partial charge in [0.25, 0.3) is 0 Å². The summed E-state index contributed by atoms with van der Waals surface area (Å²) in [6.07, 6.45) is 0.764. The van der Waals surface area contributed by atoms with E-state index in [1.807, 2.05) is 28.9 Å². The molecule has 0 saturated carbocycles. The second-order valence-corrected chi connectivity index (χ2v) is 7.82. The Balaban J connectivity index is 2.11. The molecular formula is C21H25N3O3S2. The van der Waals surface area contributed by atoms with Crippen LogP contribution in [0.25, 0.3) is 10.6 Å². The van der Waals surface area contributed by atoms with Gasteiger partial charge in [-0.2, -0.15) is 5.10 Å². The Labute approximate surface area is 178 Å². The van der Waals surface area contributed by atoms with Crippen LogP contribution in [-0.2, 0) is 4.74 Å². The molecule has 0 saturated heterocycles. The van der Waals surface area contributed by atoms with Gasteiger partial charge in [0.15, 0.2) is 11.5 Å². The first kappa shape index (κ1) is 21.3. The molecule has 2 aromatic heterocycles. The molecule has 3 aromatic rings. The van der Waals surface area contributed by atoms with Crippen molar-refractivity contribution in [3.8, 4) is 22.1 Å². The first-order chi connectivity index (χ1) is 14.2. The average Bonchev–Trinajstić information content (AvgIpc) is 3.41. The van der Waals surface area contributed by atoms with E-state index >= 15 is 0 Å². The number of thiophene rings is 1. The molecule has 154 valence electrons. The fourth-order valence-electron chi connectivity index (χ4n) is 2.80. The van der Waals surface area contributed by atoms with Crippen LogP contribution in [0.1, 0.15) is 18.9 Å². The maximum Gasteiger partial charge on any atom is 0.206 e. The molecule has 0 aliphatic carbocycles. The zero-order chi connectivity index (χ0) is 20.6. The number of rotatable bonds is 9. The largest absolute Gasteiger partial charge is 0.493 e. The van der Waals surface area contributed by atoms with E-state index in [2.05, 4.69) is 28.7 Å². The molecule has 0 aliphatic rings. The number of thiazole rings is 1. The Morgan fingerprint density at radius 3 is 2.55 bits per heavy atom. The number of hydrogen-bond acceptors (Lipinski definition) is 7. The monoisotopic (exact) mass is 431 g/mol. The van der Waals surface area contributed by atoms with Crippen LogP contribution in [0.15, 0.2) is 51.2 Å². The molecule has 8 heteroatoms. The van der Waals surface area contributed by atoms with E-state index in [0.29, 0.717) is 24.7 Å². The van der Waals surface area contributed by atoms with Crippen LogP contribution in [0.2, 0.25) is 0 Å². The summed E-state index contributed by atoms with van der Waals surface area (Å²) in [5.74, 6) is 1.38. The average molecular weight is 432 g/mol.